The molecule has 0 unspecified atom stereocenters. The van der Waals surface area contributed by atoms with Gasteiger partial charge in [0.2, 0.25) is 10.0 Å². The van der Waals surface area contributed by atoms with Crippen LogP contribution in [0.2, 0.25) is 0 Å². The number of pyridine rings is 3. The monoisotopic (exact) mass is 436 g/mol. The lowest BCUT2D eigenvalue weighted by Gasteiger charge is -2.26. The molecule has 31 heavy (non-hydrogen) atoms. The fourth-order valence-electron chi connectivity index (χ4n) is 3.68. The number of nitrogens with one attached hydrogen (secondary N) is 1. The van der Waals surface area contributed by atoms with Gasteiger partial charge in [0.1, 0.15) is 16.4 Å². The van der Waals surface area contributed by atoms with E-state index in [1.54, 1.807) is 30.9 Å². The van der Waals surface area contributed by atoms with Gasteiger partial charge in [-0.1, -0.05) is 0 Å². The molecule has 1 aliphatic rings. The Morgan fingerprint density at radius 1 is 1.00 bits per heavy atom. The van der Waals surface area contributed by atoms with E-state index in [4.69, 9.17) is 10.5 Å². The molecule has 4 aromatic rings. The van der Waals surface area contributed by atoms with Crippen molar-refractivity contribution in [3.63, 3.8) is 0 Å². The molecular weight excluding hydrogens is 416 g/mol. The smallest absolute Gasteiger partial charge is 0.246 e. The predicted molar refractivity (Wildman–Crippen MR) is 117 cm³/mol. The summed E-state index contributed by atoms with van der Waals surface area (Å²) in [4.78, 5) is 15.9. The van der Waals surface area contributed by atoms with Gasteiger partial charge in [0.15, 0.2) is 0 Å². The van der Waals surface area contributed by atoms with E-state index in [1.165, 1.54) is 4.31 Å². The number of rotatable bonds is 4. The fraction of sp³-hybridized carbons (Fsp3) is 0.190. The van der Waals surface area contributed by atoms with Gasteiger partial charge in [-0.15, -0.1) is 0 Å². The molecule has 5 heterocycles. The number of anilines is 1. The highest BCUT2D eigenvalue weighted by molar-refractivity contribution is 7.89. The second-order valence-corrected chi connectivity index (χ2v) is 9.09. The molecule has 0 bridgehead atoms. The Kier molecular flexibility index (Phi) is 4.89. The Balaban J connectivity index is 1.59. The van der Waals surface area contributed by atoms with Gasteiger partial charge in [-0.25, -0.2) is 18.4 Å². The quantitative estimate of drug-likeness (QED) is 0.502. The summed E-state index contributed by atoms with van der Waals surface area (Å²) in [7, 11) is -3.77. The summed E-state index contributed by atoms with van der Waals surface area (Å²) < 4.78 is 32.9. The van der Waals surface area contributed by atoms with E-state index in [0.717, 1.165) is 27.7 Å². The zero-order valence-electron chi connectivity index (χ0n) is 16.5. The average molecular weight is 436 g/mol. The second kappa shape index (κ2) is 7.73. The zero-order chi connectivity index (χ0) is 21.4. The standard InChI is InChI=1S/C21H20N6O3S/c22-20-19(31(28,29)27-5-7-30-8-6-27)10-16(11-24-20)15-9-17-18(13-26-21(17)25-12-15)14-1-3-23-4-2-14/h1-4,9-13H,5-8H2,(H2,22,24)(H,25,26). The molecule has 1 fully saturated rings. The van der Waals surface area contributed by atoms with Gasteiger partial charge in [0.25, 0.3) is 0 Å². The first-order valence-corrected chi connectivity index (χ1v) is 11.2. The van der Waals surface area contributed by atoms with Crippen LogP contribution in [-0.4, -0.2) is 59.0 Å². The number of H-pyrrole nitrogens is 1. The SMILES string of the molecule is Nc1ncc(-c2cnc3[nH]cc(-c4ccncc4)c3c2)cc1S(=O)(=O)N1CCOCC1. The summed E-state index contributed by atoms with van der Waals surface area (Å²) in [6.45, 7) is 1.30. The van der Waals surface area contributed by atoms with Crippen molar-refractivity contribution in [2.75, 3.05) is 32.0 Å². The Hall–Kier alpha value is -3.34. The van der Waals surface area contributed by atoms with Crippen molar-refractivity contribution in [3.05, 3.63) is 55.2 Å². The maximum absolute atomic E-state index is 13.1. The van der Waals surface area contributed by atoms with E-state index in [-0.39, 0.29) is 23.8 Å². The van der Waals surface area contributed by atoms with Crippen molar-refractivity contribution in [2.45, 2.75) is 4.90 Å². The maximum Gasteiger partial charge on any atom is 0.246 e. The molecule has 0 aromatic carbocycles. The maximum atomic E-state index is 13.1. The molecular formula is C21H20N6O3S. The molecule has 10 heteroatoms. The Morgan fingerprint density at radius 3 is 2.48 bits per heavy atom. The first kappa shape index (κ1) is 19.6. The van der Waals surface area contributed by atoms with Gasteiger partial charge < -0.3 is 15.5 Å². The summed E-state index contributed by atoms with van der Waals surface area (Å²) in [5.74, 6) is -0.0246. The van der Waals surface area contributed by atoms with Crippen molar-refractivity contribution in [1.82, 2.24) is 24.2 Å². The topological polar surface area (TPSA) is 127 Å². The van der Waals surface area contributed by atoms with Crippen LogP contribution in [0.4, 0.5) is 5.82 Å². The van der Waals surface area contributed by atoms with Crippen molar-refractivity contribution in [1.29, 1.82) is 0 Å². The van der Waals surface area contributed by atoms with E-state index in [1.807, 2.05) is 24.4 Å². The molecule has 4 aromatic heterocycles. The van der Waals surface area contributed by atoms with E-state index in [9.17, 15) is 8.42 Å². The van der Waals surface area contributed by atoms with Crippen LogP contribution in [0.5, 0.6) is 0 Å². The molecule has 0 spiro atoms. The highest BCUT2D eigenvalue weighted by Crippen LogP contribution is 2.32. The first-order valence-electron chi connectivity index (χ1n) is 9.75. The second-order valence-electron chi connectivity index (χ2n) is 7.18. The van der Waals surface area contributed by atoms with Crippen LogP contribution in [0.15, 0.2) is 60.1 Å². The summed E-state index contributed by atoms with van der Waals surface area (Å²) in [6.07, 6.45) is 8.62. The van der Waals surface area contributed by atoms with E-state index in [2.05, 4.69) is 19.9 Å². The highest BCUT2D eigenvalue weighted by Gasteiger charge is 2.29. The van der Waals surface area contributed by atoms with Crippen molar-refractivity contribution in [2.24, 2.45) is 0 Å². The third-order valence-electron chi connectivity index (χ3n) is 5.33. The van der Waals surface area contributed by atoms with Crippen LogP contribution in [-0.2, 0) is 14.8 Å². The highest BCUT2D eigenvalue weighted by atomic mass is 32.2. The van der Waals surface area contributed by atoms with Crippen molar-refractivity contribution >= 4 is 26.9 Å². The molecule has 1 saturated heterocycles. The van der Waals surface area contributed by atoms with E-state index in [0.29, 0.717) is 18.8 Å². The van der Waals surface area contributed by atoms with E-state index >= 15 is 0 Å². The number of sulfonamides is 1. The molecule has 3 N–H and O–H groups in total. The summed E-state index contributed by atoms with van der Waals surface area (Å²) in [5, 5.41) is 0.915. The Morgan fingerprint density at radius 2 is 1.71 bits per heavy atom. The van der Waals surface area contributed by atoms with E-state index < -0.39 is 10.0 Å². The zero-order valence-corrected chi connectivity index (χ0v) is 17.3. The van der Waals surface area contributed by atoms with Crippen molar-refractivity contribution < 1.29 is 13.2 Å². The number of aromatic nitrogens is 4. The molecule has 0 atom stereocenters. The van der Waals surface area contributed by atoms with Crippen LogP contribution >= 0.6 is 0 Å². The number of nitrogen functional groups attached to an aromatic ring is 1. The molecule has 158 valence electrons. The van der Waals surface area contributed by atoms with Crippen LogP contribution in [0.3, 0.4) is 0 Å². The third kappa shape index (κ3) is 3.54. The molecule has 1 aliphatic heterocycles. The van der Waals surface area contributed by atoms with Gasteiger partial charge in [0.05, 0.1) is 13.2 Å². The van der Waals surface area contributed by atoms with Crippen LogP contribution in [0.1, 0.15) is 0 Å². The van der Waals surface area contributed by atoms with Gasteiger partial charge in [0, 0.05) is 66.2 Å². The van der Waals surface area contributed by atoms with Crippen LogP contribution in [0.25, 0.3) is 33.3 Å². The van der Waals surface area contributed by atoms with Crippen LogP contribution in [0, 0.1) is 0 Å². The normalized spacial score (nSPS) is 15.4. The van der Waals surface area contributed by atoms with Gasteiger partial charge in [-0.2, -0.15) is 4.31 Å². The van der Waals surface area contributed by atoms with Crippen LogP contribution < -0.4 is 5.73 Å². The minimum Gasteiger partial charge on any atom is -0.383 e. The number of hydrogen-bond acceptors (Lipinski definition) is 7. The number of nitrogens with two attached hydrogens (primary N) is 1. The minimum atomic E-state index is -3.77. The molecule has 9 nitrogen and oxygen atoms in total. The fourth-order valence-corrected chi connectivity index (χ4v) is 5.18. The minimum absolute atomic E-state index is 0.00424. The molecule has 0 aliphatic carbocycles. The van der Waals surface area contributed by atoms with Gasteiger partial charge in [-0.05, 0) is 29.8 Å². The Labute approximate surface area is 179 Å². The largest absolute Gasteiger partial charge is 0.383 e. The Bertz CT molecular complexity index is 1350. The third-order valence-corrected chi connectivity index (χ3v) is 7.25. The summed E-state index contributed by atoms with van der Waals surface area (Å²) in [5.41, 5.74) is 10.1. The molecule has 5 rings (SSSR count). The number of nitrogens with zero attached hydrogens (tertiary/aromatic N) is 4. The summed E-state index contributed by atoms with van der Waals surface area (Å²) in [6, 6.07) is 7.38. The van der Waals surface area contributed by atoms with Crippen molar-refractivity contribution in [3.8, 4) is 22.3 Å². The lowest BCUT2D eigenvalue weighted by Crippen LogP contribution is -2.40. The molecule has 0 radical (unpaired) electrons. The molecule has 0 amide bonds. The van der Waals surface area contributed by atoms with Gasteiger partial charge in [-0.3, -0.25) is 4.98 Å². The number of hydrogen-bond donors (Lipinski definition) is 2. The number of aromatic amines is 1. The van der Waals surface area contributed by atoms with Gasteiger partial charge >= 0.3 is 0 Å². The lowest BCUT2D eigenvalue weighted by molar-refractivity contribution is 0.0730. The number of morpholine rings is 1. The summed E-state index contributed by atoms with van der Waals surface area (Å²) >= 11 is 0. The average Bonchev–Trinajstić information content (AvgIpc) is 3.24. The number of fused-ring (bicyclic) bond motifs is 1. The molecule has 0 saturated carbocycles. The predicted octanol–water partition coefficient (Wildman–Crippen LogP) is 2.29. The lowest BCUT2D eigenvalue weighted by atomic mass is 10.0. The first-order chi connectivity index (χ1) is 15.0. The number of ether oxygens (including phenoxy) is 1.